The Hall–Kier alpha value is -2.60. The summed E-state index contributed by atoms with van der Waals surface area (Å²) >= 11 is 0. The lowest BCUT2D eigenvalue weighted by Gasteiger charge is -2.07. The van der Waals surface area contributed by atoms with Crippen LogP contribution < -0.4 is 5.73 Å². The molecule has 0 saturated carbocycles. The van der Waals surface area contributed by atoms with Crippen LogP contribution in [0.15, 0.2) is 29.4 Å². The molecule has 0 spiro atoms. The van der Waals surface area contributed by atoms with Crippen molar-refractivity contribution in [2.24, 2.45) is 10.7 Å². The van der Waals surface area contributed by atoms with Gasteiger partial charge in [0.1, 0.15) is 5.69 Å². The summed E-state index contributed by atoms with van der Waals surface area (Å²) in [5, 5.41) is 0.204. The molecule has 0 fully saturated rings. The zero-order valence-corrected chi connectivity index (χ0v) is 9.23. The topological polar surface area (TPSA) is 77.5 Å². The molecule has 1 aromatic heterocycles. The number of carbonyl (C=O) groups excluding carboxylic acids is 2. The number of benzene rings is 1. The second-order valence-electron chi connectivity index (χ2n) is 3.66. The molecular formula is C11H6F3N3O2. The lowest BCUT2D eigenvalue weighted by Crippen LogP contribution is -2.18. The number of halogens is 3. The average molecular weight is 269 g/mol. The second kappa shape index (κ2) is 4.25. The minimum absolute atomic E-state index is 0.0255. The molecule has 0 aliphatic carbocycles. The third kappa shape index (κ3) is 2.21. The van der Waals surface area contributed by atoms with Crippen LogP contribution in [0.2, 0.25) is 0 Å². The fraction of sp³-hybridized carbons (Fsp3) is 0.0909. The highest BCUT2D eigenvalue weighted by atomic mass is 19.4. The molecule has 1 aromatic carbocycles. The van der Waals surface area contributed by atoms with E-state index in [1.165, 1.54) is 6.08 Å². The van der Waals surface area contributed by atoms with Crippen molar-refractivity contribution in [3.05, 3.63) is 30.0 Å². The standard InChI is InChI=1S/C11H6F3N3O2/c12-11(13,14)6-1-2-7-8(16-5-18)4-17(10(15)19)9(7)3-6/h1-4H,(H2,15,19). The molecule has 2 aromatic rings. The summed E-state index contributed by atoms with van der Waals surface area (Å²) in [5.74, 6) is 0. The van der Waals surface area contributed by atoms with E-state index in [1.54, 1.807) is 0 Å². The van der Waals surface area contributed by atoms with E-state index >= 15 is 0 Å². The number of rotatable bonds is 1. The monoisotopic (exact) mass is 269 g/mol. The van der Waals surface area contributed by atoms with Gasteiger partial charge in [-0.1, -0.05) is 6.07 Å². The van der Waals surface area contributed by atoms with Crippen molar-refractivity contribution in [1.82, 2.24) is 4.57 Å². The third-order valence-electron chi connectivity index (χ3n) is 2.52. The molecular weight excluding hydrogens is 263 g/mol. The predicted molar refractivity (Wildman–Crippen MR) is 59.7 cm³/mol. The fourth-order valence-corrected chi connectivity index (χ4v) is 1.71. The molecule has 2 rings (SSSR count). The average Bonchev–Trinajstić information content (AvgIpc) is 2.67. The molecule has 5 nitrogen and oxygen atoms in total. The maximum atomic E-state index is 12.6. The number of aromatic nitrogens is 1. The van der Waals surface area contributed by atoms with Crippen LogP contribution in [-0.2, 0) is 11.0 Å². The Morgan fingerprint density at radius 1 is 1.37 bits per heavy atom. The van der Waals surface area contributed by atoms with Gasteiger partial charge in [0.15, 0.2) is 0 Å². The van der Waals surface area contributed by atoms with Crippen LogP contribution in [0.4, 0.5) is 23.7 Å². The van der Waals surface area contributed by atoms with Gasteiger partial charge in [-0.25, -0.2) is 9.59 Å². The van der Waals surface area contributed by atoms with Crippen LogP contribution in [-0.4, -0.2) is 16.7 Å². The largest absolute Gasteiger partial charge is 0.416 e. The Morgan fingerprint density at radius 2 is 2.05 bits per heavy atom. The summed E-state index contributed by atoms with van der Waals surface area (Å²) < 4.78 is 38.6. The number of amides is 1. The number of isocyanates is 1. The molecule has 8 heteroatoms. The summed E-state index contributed by atoms with van der Waals surface area (Å²) in [6.07, 6.45) is -2.20. The van der Waals surface area contributed by atoms with Crippen LogP contribution in [0.25, 0.3) is 10.9 Å². The Labute approximate surface area is 104 Å². The van der Waals surface area contributed by atoms with Crippen molar-refractivity contribution < 1.29 is 22.8 Å². The van der Waals surface area contributed by atoms with Crippen LogP contribution in [0.3, 0.4) is 0 Å². The zero-order chi connectivity index (χ0) is 14.2. The van der Waals surface area contributed by atoms with Gasteiger partial charge in [0.2, 0.25) is 6.08 Å². The number of hydrogen-bond acceptors (Lipinski definition) is 3. The molecule has 98 valence electrons. The van der Waals surface area contributed by atoms with Gasteiger partial charge in [-0.15, -0.1) is 0 Å². The molecule has 2 N–H and O–H groups in total. The van der Waals surface area contributed by atoms with Gasteiger partial charge in [-0.05, 0) is 12.1 Å². The van der Waals surface area contributed by atoms with Gasteiger partial charge in [-0.2, -0.15) is 18.2 Å². The lowest BCUT2D eigenvalue weighted by molar-refractivity contribution is -0.137. The number of carbonyl (C=O) groups is 1. The maximum absolute atomic E-state index is 12.6. The van der Waals surface area contributed by atoms with Gasteiger partial charge in [0, 0.05) is 11.6 Å². The predicted octanol–water partition coefficient (Wildman–Crippen LogP) is 2.55. The quantitative estimate of drug-likeness (QED) is 0.637. The van der Waals surface area contributed by atoms with E-state index in [2.05, 4.69) is 4.99 Å². The van der Waals surface area contributed by atoms with Gasteiger partial charge < -0.3 is 5.73 Å². The maximum Gasteiger partial charge on any atom is 0.416 e. The smallest absolute Gasteiger partial charge is 0.351 e. The number of nitrogens with two attached hydrogens (primary N) is 1. The van der Waals surface area contributed by atoms with Gasteiger partial charge >= 0.3 is 12.2 Å². The first kappa shape index (κ1) is 12.8. The van der Waals surface area contributed by atoms with Crippen LogP contribution in [0.1, 0.15) is 5.56 Å². The Balaban J connectivity index is 2.80. The van der Waals surface area contributed by atoms with E-state index < -0.39 is 17.8 Å². The van der Waals surface area contributed by atoms with E-state index in [4.69, 9.17) is 5.73 Å². The van der Waals surface area contributed by atoms with Crippen molar-refractivity contribution in [2.45, 2.75) is 6.18 Å². The first-order chi connectivity index (χ1) is 8.84. The van der Waals surface area contributed by atoms with Crippen molar-refractivity contribution in [3.8, 4) is 0 Å². The van der Waals surface area contributed by atoms with E-state index in [9.17, 15) is 22.8 Å². The Bertz CT molecular complexity index is 712. The summed E-state index contributed by atoms with van der Waals surface area (Å²) in [6.45, 7) is 0. The van der Waals surface area contributed by atoms with Crippen molar-refractivity contribution in [1.29, 1.82) is 0 Å². The van der Waals surface area contributed by atoms with Gasteiger partial charge in [-0.3, -0.25) is 4.57 Å². The molecule has 1 amide bonds. The molecule has 19 heavy (non-hydrogen) atoms. The molecule has 0 aliphatic heterocycles. The van der Waals surface area contributed by atoms with Gasteiger partial charge in [0.25, 0.3) is 0 Å². The third-order valence-corrected chi connectivity index (χ3v) is 2.52. The minimum Gasteiger partial charge on any atom is -0.351 e. The Morgan fingerprint density at radius 3 is 2.58 bits per heavy atom. The van der Waals surface area contributed by atoms with E-state index in [0.29, 0.717) is 0 Å². The van der Waals surface area contributed by atoms with Crippen molar-refractivity contribution in [3.63, 3.8) is 0 Å². The highest BCUT2D eigenvalue weighted by Crippen LogP contribution is 2.34. The van der Waals surface area contributed by atoms with E-state index in [1.807, 2.05) is 0 Å². The molecule has 0 atom stereocenters. The lowest BCUT2D eigenvalue weighted by atomic mass is 10.1. The van der Waals surface area contributed by atoms with Crippen LogP contribution in [0, 0.1) is 0 Å². The normalized spacial score (nSPS) is 11.3. The van der Waals surface area contributed by atoms with Crippen LogP contribution in [0.5, 0.6) is 0 Å². The Kier molecular flexibility index (Phi) is 2.88. The zero-order valence-electron chi connectivity index (χ0n) is 9.23. The highest BCUT2D eigenvalue weighted by Gasteiger charge is 2.31. The summed E-state index contributed by atoms with van der Waals surface area (Å²) in [7, 11) is 0. The number of hydrogen-bond donors (Lipinski definition) is 1. The van der Waals surface area contributed by atoms with Gasteiger partial charge in [0.05, 0.1) is 11.1 Å². The molecule has 0 unspecified atom stereocenters. The first-order valence-electron chi connectivity index (χ1n) is 4.94. The molecule has 0 aliphatic rings. The fourth-order valence-electron chi connectivity index (χ4n) is 1.71. The highest BCUT2D eigenvalue weighted by molar-refractivity contribution is 5.99. The number of alkyl halides is 3. The number of fused-ring (bicyclic) bond motifs is 1. The van der Waals surface area contributed by atoms with E-state index in [-0.39, 0.29) is 16.6 Å². The first-order valence-corrected chi connectivity index (χ1v) is 4.94. The minimum atomic E-state index is -4.55. The van der Waals surface area contributed by atoms with Crippen LogP contribution >= 0.6 is 0 Å². The van der Waals surface area contributed by atoms with Crippen molar-refractivity contribution >= 4 is 28.7 Å². The molecule has 0 bridgehead atoms. The molecule has 0 saturated heterocycles. The summed E-state index contributed by atoms with van der Waals surface area (Å²) in [5.41, 5.74) is 4.08. The van der Waals surface area contributed by atoms with Crippen molar-refractivity contribution in [2.75, 3.05) is 0 Å². The second-order valence-corrected chi connectivity index (χ2v) is 3.66. The number of aliphatic imine (C=N–C) groups is 1. The summed E-state index contributed by atoms with van der Waals surface area (Å²) in [6, 6.07) is 1.74. The van der Waals surface area contributed by atoms with E-state index in [0.717, 1.165) is 29.0 Å². The number of nitrogens with zero attached hydrogens (tertiary/aromatic N) is 2. The molecule has 1 heterocycles. The number of primary amides is 1. The summed E-state index contributed by atoms with van der Waals surface area (Å²) in [4.78, 5) is 24.7. The SMILES string of the molecule is NC(=O)n1cc(N=C=O)c2ccc(C(F)(F)F)cc21. The molecule has 0 radical (unpaired) electrons.